The number of hydrogen-bond donors (Lipinski definition) is 1. The maximum Gasteiger partial charge on any atom is 0.231 e. The van der Waals surface area contributed by atoms with Gasteiger partial charge in [-0.25, -0.2) is 8.42 Å². The van der Waals surface area contributed by atoms with Crippen molar-refractivity contribution in [3.8, 4) is 0 Å². The molecule has 2 aliphatic rings. The highest BCUT2D eigenvalue weighted by atomic mass is 32.2. The van der Waals surface area contributed by atoms with Gasteiger partial charge < -0.3 is 10.6 Å². The van der Waals surface area contributed by atoms with Crippen LogP contribution in [0.5, 0.6) is 0 Å². The lowest BCUT2D eigenvalue weighted by molar-refractivity contribution is -0.121. The zero-order valence-corrected chi connectivity index (χ0v) is 11.3. The Labute approximate surface area is 112 Å². The Balaban J connectivity index is 1.84. The first-order valence-electron chi connectivity index (χ1n) is 6.36. The molecule has 0 radical (unpaired) electrons. The average Bonchev–Trinajstić information content (AvgIpc) is 2.91. The molecule has 3 rings (SSSR count). The summed E-state index contributed by atoms with van der Waals surface area (Å²) < 4.78 is 22.9. The monoisotopic (exact) mass is 280 g/mol. The van der Waals surface area contributed by atoms with Gasteiger partial charge >= 0.3 is 0 Å². The van der Waals surface area contributed by atoms with Crippen LogP contribution >= 0.6 is 0 Å². The van der Waals surface area contributed by atoms with Crippen LogP contribution in [-0.4, -0.2) is 32.4 Å². The molecule has 1 unspecified atom stereocenters. The molecule has 5 nitrogen and oxygen atoms in total. The maximum atomic E-state index is 12.4. The van der Waals surface area contributed by atoms with Crippen LogP contribution in [0, 0.1) is 5.92 Å². The molecule has 1 saturated heterocycles. The number of amides is 1. The fraction of sp³-hybridized carbons (Fsp3) is 0.462. The molecule has 0 aliphatic carbocycles. The number of nitrogens with two attached hydrogens (primary N) is 1. The number of hydrogen-bond acceptors (Lipinski definition) is 4. The predicted octanol–water partition coefficient (Wildman–Crippen LogP) is 0.593. The van der Waals surface area contributed by atoms with Crippen LogP contribution in [0.1, 0.15) is 12.0 Å². The fourth-order valence-corrected chi connectivity index (χ4v) is 4.59. The van der Waals surface area contributed by atoms with E-state index in [0.717, 1.165) is 17.7 Å². The minimum absolute atomic E-state index is 0.00730. The summed E-state index contributed by atoms with van der Waals surface area (Å²) in [5, 5.41) is 0. The van der Waals surface area contributed by atoms with Crippen molar-refractivity contribution in [3.05, 3.63) is 23.8 Å². The second-order valence-electron chi connectivity index (χ2n) is 5.23. The Hall–Kier alpha value is -1.56. The Kier molecular flexibility index (Phi) is 2.78. The van der Waals surface area contributed by atoms with Crippen LogP contribution in [0.25, 0.3) is 0 Å². The molecule has 6 heteroatoms. The largest absolute Gasteiger partial charge is 0.399 e. The highest BCUT2D eigenvalue weighted by molar-refractivity contribution is 7.91. The summed E-state index contributed by atoms with van der Waals surface area (Å²) in [5.41, 5.74) is 8.36. The number of rotatable bonds is 1. The number of nitrogen functional groups attached to an aromatic ring is 1. The number of fused-ring (bicyclic) bond motifs is 1. The second kappa shape index (κ2) is 4.23. The number of sulfone groups is 1. The lowest BCUT2D eigenvalue weighted by Gasteiger charge is -2.20. The minimum Gasteiger partial charge on any atom is -0.399 e. The predicted molar refractivity (Wildman–Crippen MR) is 73.7 cm³/mol. The van der Waals surface area contributed by atoms with E-state index >= 15 is 0 Å². The van der Waals surface area contributed by atoms with Crippen LogP contribution < -0.4 is 10.6 Å². The zero-order chi connectivity index (χ0) is 13.6. The molecular formula is C13H16N2O3S. The van der Waals surface area contributed by atoms with E-state index in [2.05, 4.69) is 0 Å². The van der Waals surface area contributed by atoms with Crippen molar-refractivity contribution in [1.82, 2.24) is 0 Å². The van der Waals surface area contributed by atoms with E-state index in [9.17, 15) is 13.2 Å². The number of carbonyl (C=O) groups excluding carboxylic acids is 1. The van der Waals surface area contributed by atoms with Gasteiger partial charge in [-0.05, 0) is 36.6 Å². The molecule has 1 amide bonds. The summed E-state index contributed by atoms with van der Waals surface area (Å²) in [6.07, 6.45) is 1.23. The van der Waals surface area contributed by atoms with E-state index in [0.29, 0.717) is 18.7 Å². The van der Waals surface area contributed by atoms with Crippen LogP contribution in [0.2, 0.25) is 0 Å². The molecule has 1 atom stereocenters. The molecular weight excluding hydrogens is 264 g/mol. The third kappa shape index (κ3) is 2.20. The average molecular weight is 280 g/mol. The van der Waals surface area contributed by atoms with Crippen molar-refractivity contribution in [2.24, 2.45) is 5.92 Å². The number of benzene rings is 1. The number of carbonyl (C=O) groups is 1. The Morgan fingerprint density at radius 1 is 1.37 bits per heavy atom. The summed E-state index contributed by atoms with van der Waals surface area (Å²) >= 11 is 0. The van der Waals surface area contributed by atoms with Gasteiger partial charge in [-0.15, -0.1) is 0 Å². The topological polar surface area (TPSA) is 80.5 Å². The van der Waals surface area contributed by atoms with E-state index in [1.165, 1.54) is 0 Å². The SMILES string of the molecule is Nc1ccc2c(c1)CCN2C(=O)C1CCS(=O)(=O)C1. The third-order valence-corrected chi connectivity index (χ3v) is 5.61. The minimum atomic E-state index is -3.02. The second-order valence-corrected chi connectivity index (χ2v) is 7.46. The van der Waals surface area contributed by atoms with Gasteiger partial charge in [0.05, 0.1) is 17.4 Å². The molecule has 0 saturated carbocycles. The smallest absolute Gasteiger partial charge is 0.231 e. The van der Waals surface area contributed by atoms with E-state index in [4.69, 9.17) is 5.73 Å². The van der Waals surface area contributed by atoms with Gasteiger partial charge in [-0.3, -0.25) is 4.79 Å². The molecule has 0 aromatic heterocycles. The summed E-state index contributed by atoms with van der Waals surface area (Å²) in [6, 6.07) is 5.50. The van der Waals surface area contributed by atoms with E-state index in [1.54, 1.807) is 11.0 Å². The molecule has 1 fully saturated rings. The van der Waals surface area contributed by atoms with Crippen molar-refractivity contribution >= 4 is 27.1 Å². The van der Waals surface area contributed by atoms with Crippen molar-refractivity contribution in [3.63, 3.8) is 0 Å². The van der Waals surface area contributed by atoms with Gasteiger partial charge in [-0.1, -0.05) is 0 Å². The molecule has 1 aromatic carbocycles. The first kappa shape index (κ1) is 12.5. The van der Waals surface area contributed by atoms with Gasteiger partial charge in [-0.2, -0.15) is 0 Å². The lowest BCUT2D eigenvalue weighted by Crippen LogP contribution is -2.35. The first-order chi connectivity index (χ1) is 8.96. The van der Waals surface area contributed by atoms with Crippen molar-refractivity contribution in [2.45, 2.75) is 12.8 Å². The van der Waals surface area contributed by atoms with Crippen molar-refractivity contribution < 1.29 is 13.2 Å². The molecule has 0 bridgehead atoms. The Morgan fingerprint density at radius 3 is 2.84 bits per heavy atom. The summed E-state index contributed by atoms with van der Waals surface area (Å²) in [5.74, 6) is -0.323. The molecule has 19 heavy (non-hydrogen) atoms. The van der Waals surface area contributed by atoms with Gasteiger partial charge in [0.2, 0.25) is 5.91 Å². The van der Waals surface area contributed by atoms with Crippen LogP contribution in [-0.2, 0) is 21.1 Å². The summed E-state index contributed by atoms with van der Waals surface area (Å²) in [4.78, 5) is 14.1. The molecule has 2 aliphatic heterocycles. The normalized spacial score (nSPS) is 24.4. The van der Waals surface area contributed by atoms with E-state index in [-0.39, 0.29) is 23.3 Å². The number of anilines is 2. The zero-order valence-electron chi connectivity index (χ0n) is 10.5. The highest BCUT2D eigenvalue weighted by Crippen LogP contribution is 2.32. The van der Waals surface area contributed by atoms with Crippen LogP contribution in [0.4, 0.5) is 11.4 Å². The first-order valence-corrected chi connectivity index (χ1v) is 8.19. The van der Waals surface area contributed by atoms with Crippen LogP contribution in [0.3, 0.4) is 0 Å². The van der Waals surface area contributed by atoms with Crippen molar-refractivity contribution in [2.75, 3.05) is 28.7 Å². The van der Waals surface area contributed by atoms with E-state index in [1.807, 2.05) is 12.1 Å². The summed E-state index contributed by atoms with van der Waals surface area (Å²) in [6.45, 7) is 0.619. The molecule has 0 spiro atoms. The highest BCUT2D eigenvalue weighted by Gasteiger charge is 2.37. The Morgan fingerprint density at radius 2 is 2.16 bits per heavy atom. The van der Waals surface area contributed by atoms with Gasteiger partial charge in [0, 0.05) is 17.9 Å². The lowest BCUT2D eigenvalue weighted by atomic mass is 10.1. The fourth-order valence-electron chi connectivity index (χ4n) is 2.86. The molecule has 2 heterocycles. The van der Waals surface area contributed by atoms with Gasteiger partial charge in [0.15, 0.2) is 9.84 Å². The summed E-state index contributed by atoms with van der Waals surface area (Å²) in [7, 11) is -3.02. The van der Waals surface area contributed by atoms with Gasteiger partial charge in [0.1, 0.15) is 0 Å². The maximum absolute atomic E-state index is 12.4. The van der Waals surface area contributed by atoms with E-state index < -0.39 is 9.84 Å². The molecule has 2 N–H and O–H groups in total. The van der Waals surface area contributed by atoms with Crippen molar-refractivity contribution in [1.29, 1.82) is 0 Å². The quantitative estimate of drug-likeness (QED) is 0.764. The Bertz CT molecular complexity index is 639. The van der Waals surface area contributed by atoms with Crippen LogP contribution in [0.15, 0.2) is 18.2 Å². The van der Waals surface area contributed by atoms with Gasteiger partial charge in [0.25, 0.3) is 0 Å². The standard InChI is InChI=1S/C13H16N2O3S/c14-11-1-2-12-9(7-11)3-5-15(12)13(16)10-4-6-19(17,18)8-10/h1-2,7,10H,3-6,8,14H2. The molecule has 1 aromatic rings. The number of nitrogens with zero attached hydrogens (tertiary/aromatic N) is 1. The third-order valence-electron chi connectivity index (χ3n) is 3.85. The molecule has 102 valence electrons.